The summed E-state index contributed by atoms with van der Waals surface area (Å²) in [7, 11) is 0. The zero-order valence-corrected chi connectivity index (χ0v) is 9.43. The lowest BCUT2D eigenvalue weighted by atomic mass is 10.2. The first-order valence-electron chi connectivity index (χ1n) is 5.31. The van der Waals surface area contributed by atoms with Crippen LogP contribution in [0.25, 0.3) is 0 Å². The van der Waals surface area contributed by atoms with E-state index in [1.807, 2.05) is 6.07 Å². The van der Waals surface area contributed by atoms with Crippen molar-refractivity contribution in [1.82, 2.24) is 0 Å². The molecule has 0 aromatic heterocycles. The van der Waals surface area contributed by atoms with Crippen molar-refractivity contribution < 1.29 is 22.3 Å². The number of benzene rings is 1. The Hall–Kier alpha value is -1.77. The molecule has 0 aliphatic rings. The molecule has 0 bridgehead atoms. The van der Waals surface area contributed by atoms with E-state index in [9.17, 15) is 17.6 Å². The standard InChI is InChI=1S/C12H11F4NO/c13-11-5-4-9(8-10(11)12(14,15)16)18-7-3-1-2-6-17/h4-5,8H,1-3,7H2. The molecule has 0 saturated carbocycles. The number of halogens is 4. The average Bonchev–Trinajstić information content (AvgIpc) is 2.29. The quantitative estimate of drug-likeness (QED) is 0.594. The Morgan fingerprint density at radius 2 is 1.94 bits per heavy atom. The number of unbranched alkanes of at least 4 members (excludes halogenated alkanes) is 2. The van der Waals surface area contributed by atoms with Gasteiger partial charge in [0, 0.05) is 6.42 Å². The molecule has 0 heterocycles. The number of ether oxygens (including phenoxy) is 1. The van der Waals surface area contributed by atoms with Gasteiger partial charge in [0.15, 0.2) is 0 Å². The zero-order chi connectivity index (χ0) is 13.6. The maximum absolute atomic E-state index is 12.9. The van der Waals surface area contributed by atoms with Gasteiger partial charge in [-0.3, -0.25) is 0 Å². The van der Waals surface area contributed by atoms with E-state index in [0.717, 1.165) is 12.1 Å². The Kier molecular flexibility index (Phi) is 4.95. The second-order valence-corrected chi connectivity index (χ2v) is 3.60. The predicted molar refractivity (Wildman–Crippen MR) is 56.4 cm³/mol. The Balaban J connectivity index is 2.60. The Labute approximate surface area is 102 Å². The van der Waals surface area contributed by atoms with Gasteiger partial charge in [-0.05, 0) is 31.0 Å². The third-order valence-electron chi connectivity index (χ3n) is 2.19. The normalized spacial score (nSPS) is 11.1. The SMILES string of the molecule is N#CCCCCOc1ccc(F)c(C(F)(F)F)c1. The molecule has 0 spiro atoms. The summed E-state index contributed by atoms with van der Waals surface area (Å²) in [6.45, 7) is 0.199. The smallest absolute Gasteiger partial charge is 0.419 e. The number of hydrogen-bond donors (Lipinski definition) is 0. The van der Waals surface area contributed by atoms with Crippen LogP contribution in [0, 0.1) is 17.1 Å². The largest absolute Gasteiger partial charge is 0.494 e. The molecule has 0 unspecified atom stereocenters. The Morgan fingerprint density at radius 3 is 2.56 bits per heavy atom. The van der Waals surface area contributed by atoms with Gasteiger partial charge in [0.25, 0.3) is 0 Å². The highest BCUT2D eigenvalue weighted by atomic mass is 19.4. The number of nitrogens with zero attached hydrogens (tertiary/aromatic N) is 1. The van der Waals surface area contributed by atoms with Crippen LogP contribution in [0.15, 0.2) is 18.2 Å². The van der Waals surface area contributed by atoms with Gasteiger partial charge in [0.05, 0.1) is 18.2 Å². The second-order valence-electron chi connectivity index (χ2n) is 3.60. The summed E-state index contributed by atoms with van der Waals surface area (Å²) in [4.78, 5) is 0. The van der Waals surface area contributed by atoms with Gasteiger partial charge >= 0.3 is 6.18 Å². The molecule has 0 aliphatic carbocycles. The highest BCUT2D eigenvalue weighted by molar-refractivity contribution is 5.31. The first kappa shape index (κ1) is 14.3. The van der Waals surface area contributed by atoms with Gasteiger partial charge in [0.2, 0.25) is 0 Å². The number of nitriles is 1. The molecule has 0 radical (unpaired) electrons. The van der Waals surface area contributed by atoms with Crippen LogP contribution in [0.3, 0.4) is 0 Å². The summed E-state index contributed by atoms with van der Waals surface area (Å²) in [6.07, 6.45) is -3.18. The van der Waals surface area contributed by atoms with Crippen molar-refractivity contribution in [3.8, 4) is 11.8 Å². The fourth-order valence-electron chi connectivity index (χ4n) is 1.31. The lowest BCUT2D eigenvalue weighted by Crippen LogP contribution is -2.08. The molecule has 1 aromatic carbocycles. The van der Waals surface area contributed by atoms with E-state index in [1.54, 1.807) is 0 Å². The third-order valence-corrected chi connectivity index (χ3v) is 2.19. The maximum Gasteiger partial charge on any atom is 0.419 e. The first-order chi connectivity index (χ1) is 8.45. The molecule has 1 rings (SSSR count). The Bertz CT molecular complexity index is 437. The second kappa shape index (κ2) is 6.24. The van der Waals surface area contributed by atoms with Gasteiger partial charge in [-0.1, -0.05) is 0 Å². The molecule has 0 amide bonds. The molecule has 6 heteroatoms. The summed E-state index contributed by atoms with van der Waals surface area (Å²) in [5, 5.41) is 8.28. The van der Waals surface area contributed by atoms with E-state index >= 15 is 0 Å². The minimum Gasteiger partial charge on any atom is -0.494 e. The minimum atomic E-state index is -4.73. The summed E-state index contributed by atoms with van der Waals surface area (Å²) in [6, 6.07) is 4.46. The molecule has 0 saturated heterocycles. The van der Waals surface area contributed by atoms with Crippen LogP contribution in [0.4, 0.5) is 17.6 Å². The maximum atomic E-state index is 12.9. The van der Waals surface area contributed by atoms with Gasteiger partial charge in [0.1, 0.15) is 11.6 Å². The molecular formula is C12H11F4NO. The number of alkyl halides is 3. The average molecular weight is 261 g/mol. The molecule has 0 fully saturated rings. The molecule has 2 nitrogen and oxygen atoms in total. The predicted octanol–water partition coefficient (Wildman–Crippen LogP) is 3.92. The van der Waals surface area contributed by atoms with Crippen molar-refractivity contribution in [2.45, 2.75) is 25.4 Å². The number of hydrogen-bond acceptors (Lipinski definition) is 2. The van der Waals surface area contributed by atoms with E-state index in [1.165, 1.54) is 0 Å². The molecule has 0 aliphatic heterocycles. The molecule has 0 atom stereocenters. The summed E-state index contributed by atoms with van der Waals surface area (Å²) in [5.74, 6) is -1.35. The fraction of sp³-hybridized carbons (Fsp3) is 0.417. The van der Waals surface area contributed by atoms with Gasteiger partial charge < -0.3 is 4.74 Å². The molecule has 18 heavy (non-hydrogen) atoms. The van der Waals surface area contributed by atoms with Crippen LogP contribution in [-0.4, -0.2) is 6.61 Å². The van der Waals surface area contributed by atoms with Crippen molar-refractivity contribution >= 4 is 0 Å². The zero-order valence-electron chi connectivity index (χ0n) is 9.43. The monoisotopic (exact) mass is 261 g/mol. The van der Waals surface area contributed by atoms with E-state index in [4.69, 9.17) is 10.00 Å². The van der Waals surface area contributed by atoms with Gasteiger partial charge in [-0.15, -0.1) is 0 Å². The summed E-state index contributed by atoms with van der Waals surface area (Å²) >= 11 is 0. The van der Waals surface area contributed by atoms with Crippen molar-refractivity contribution in [1.29, 1.82) is 5.26 Å². The van der Waals surface area contributed by atoms with E-state index < -0.39 is 17.6 Å². The first-order valence-corrected chi connectivity index (χ1v) is 5.31. The molecule has 98 valence electrons. The van der Waals surface area contributed by atoms with E-state index in [2.05, 4.69) is 0 Å². The van der Waals surface area contributed by atoms with Crippen LogP contribution >= 0.6 is 0 Å². The summed E-state index contributed by atoms with van der Waals surface area (Å²) in [5.41, 5.74) is -1.34. The fourth-order valence-corrected chi connectivity index (χ4v) is 1.31. The van der Waals surface area contributed by atoms with Crippen LogP contribution in [0.2, 0.25) is 0 Å². The highest BCUT2D eigenvalue weighted by Gasteiger charge is 2.34. The van der Waals surface area contributed by atoms with Crippen molar-refractivity contribution in [2.75, 3.05) is 6.61 Å². The highest BCUT2D eigenvalue weighted by Crippen LogP contribution is 2.33. The van der Waals surface area contributed by atoms with Crippen molar-refractivity contribution in [3.05, 3.63) is 29.6 Å². The lowest BCUT2D eigenvalue weighted by molar-refractivity contribution is -0.140. The van der Waals surface area contributed by atoms with Crippen LogP contribution in [0.1, 0.15) is 24.8 Å². The van der Waals surface area contributed by atoms with Gasteiger partial charge in [-0.25, -0.2) is 4.39 Å². The van der Waals surface area contributed by atoms with Crippen LogP contribution in [0.5, 0.6) is 5.75 Å². The van der Waals surface area contributed by atoms with Crippen LogP contribution < -0.4 is 4.74 Å². The lowest BCUT2D eigenvalue weighted by Gasteiger charge is -2.11. The molecule has 0 N–H and O–H groups in total. The minimum absolute atomic E-state index is 0.0271. The molecule has 1 aromatic rings. The number of rotatable bonds is 5. The van der Waals surface area contributed by atoms with Crippen LogP contribution in [-0.2, 0) is 6.18 Å². The van der Waals surface area contributed by atoms with Crippen molar-refractivity contribution in [3.63, 3.8) is 0 Å². The summed E-state index contributed by atoms with van der Waals surface area (Å²) < 4.78 is 55.2. The Morgan fingerprint density at radius 1 is 1.22 bits per heavy atom. The topological polar surface area (TPSA) is 33.0 Å². The van der Waals surface area contributed by atoms with Gasteiger partial charge in [-0.2, -0.15) is 18.4 Å². The van der Waals surface area contributed by atoms with E-state index in [-0.39, 0.29) is 12.4 Å². The van der Waals surface area contributed by atoms with E-state index in [0.29, 0.717) is 25.3 Å². The van der Waals surface area contributed by atoms with Crippen molar-refractivity contribution in [2.24, 2.45) is 0 Å². The third kappa shape index (κ3) is 4.24. The molecular weight excluding hydrogens is 250 g/mol.